The van der Waals surface area contributed by atoms with Crippen LogP contribution in [0.4, 0.5) is 0 Å². The molecule has 0 aliphatic rings. The van der Waals surface area contributed by atoms with Gasteiger partial charge in [-0.25, -0.2) is 4.79 Å². The summed E-state index contributed by atoms with van der Waals surface area (Å²) >= 11 is 0. The summed E-state index contributed by atoms with van der Waals surface area (Å²) in [6, 6.07) is 9.75. The van der Waals surface area contributed by atoms with E-state index in [0.29, 0.717) is 36.9 Å². The Balaban J connectivity index is 2.21. The van der Waals surface area contributed by atoms with E-state index in [-0.39, 0.29) is 18.6 Å². The molecule has 0 aromatic heterocycles. The fourth-order valence-corrected chi connectivity index (χ4v) is 3.97. The number of nitrogens with one attached hydrogen (secondary N) is 3. The van der Waals surface area contributed by atoms with Gasteiger partial charge in [0, 0.05) is 12.8 Å². The number of aromatic hydroxyl groups is 1. The molecule has 0 spiro atoms. The number of amides is 3. The number of phenols is 1. The highest BCUT2D eigenvalue weighted by Crippen LogP contribution is 2.13. The largest absolute Gasteiger partial charge is 0.508 e. The van der Waals surface area contributed by atoms with E-state index in [9.17, 15) is 34.5 Å². The minimum Gasteiger partial charge on any atom is -0.508 e. The van der Waals surface area contributed by atoms with Gasteiger partial charge in [-0.1, -0.05) is 48.9 Å². The summed E-state index contributed by atoms with van der Waals surface area (Å²) in [6.45, 7) is 1.76. The lowest BCUT2D eigenvalue weighted by molar-refractivity contribution is -0.142. The van der Waals surface area contributed by atoms with Crippen LogP contribution in [0.2, 0.25) is 0 Å². The van der Waals surface area contributed by atoms with Gasteiger partial charge in [-0.05, 0) is 49.6 Å². The van der Waals surface area contributed by atoms with Crippen LogP contribution >= 0.6 is 0 Å². The summed E-state index contributed by atoms with van der Waals surface area (Å²) in [5.41, 5.74) is 12.6. The maximum Gasteiger partial charge on any atom is 0.326 e. The highest BCUT2D eigenvalue weighted by Gasteiger charge is 2.32. The molecular formula is C28H39N5O7. The molecular weight excluding hydrogens is 518 g/mol. The second kappa shape index (κ2) is 16.2. The van der Waals surface area contributed by atoms with Gasteiger partial charge in [-0.2, -0.15) is 0 Å². The molecule has 0 aliphatic heterocycles. The van der Waals surface area contributed by atoms with Gasteiger partial charge in [-0.15, -0.1) is 0 Å². The summed E-state index contributed by atoms with van der Waals surface area (Å²) in [5.74, 6) is -3.54. The Hall–Kier alpha value is -4.00. The van der Waals surface area contributed by atoms with Crippen LogP contribution in [0.5, 0.6) is 5.75 Å². The van der Waals surface area contributed by atoms with Crippen LogP contribution in [0.25, 0.3) is 0 Å². The predicted octanol–water partition coefficient (Wildman–Crippen LogP) is -0.446. The average Bonchev–Trinajstić information content (AvgIpc) is 2.92. The summed E-state index contributed by atoms with van der Waals surface area (Å²) in [6.07, 6.45) is 0.240. The van der Waals surface area contributed by atoms with Crippen molar-refractivity contribution in [1.29, 1.82) is 0 Å². The van der Waals surface area contributed by atoms with Gasteiger partial charge >= 0.3 is 5.97 Å². The molecule has 2 rings (SSSR count). The third kappa shape index (κ3) is 10.6. The Kier molecular flexibility index (Phi) is 13.0. The lowest BCUT2D eigenvalue weighted by Crippen LogP contribution is -2.60. The van der Waals surface area contributed by atoms with Crippen molar-refractivity contribution in [2.45, 2.75) is 69.3 Å². The number of aliphatic hydroxyl groups excluding tert-OH is 1. The molecule has 40 heavy (non-hydrogen) atoms. The maximum absolute atomic E-state index is 13.3. The normalized spacial score (nSPS) is 14.7. The number of phenolic OH excluding ortho intramolecular Hbond substituents is 1. The Bertz CT molecular complexity index is 1110. The molecule has 0 aliphatic carbocycles. The third-order valence-corrected chi connectivity index (χ3v) is 6.28. The van der Waals surface area contributed by atoms with Crippen LogP contribution in [0.3, 0.4) is 0 Å². The van der Waals surface area contributed by atoms with Gasteiger partial charge in [0.15, 0.2) is 0 Å². The first-order chi connectivity index (χ1) is 19.0. The predicted molar refractivity (Wildman–Crippen MR) is 148 cm³/mol. The number of nitrogens with two attached hydrogens (primary N) is 2. The van der Waals surface area contributed by atoms with Crippen molar-refractivity contribution in [1.82, 2.24) is 16.0 Å². The Morgan fingerprint density at radius 1 is 0.800 bits per heavy atom. The standard InChI is InChI=1S/C28H39N5O7/c1-17(34)24(33-25(36)21(30)9-5-6-14-29)27(38)31-22(15-19-10-12-20(35)13-11-19)26(37)32-23(28(39)40)16-18-7-3-2-4-8-18/h2-4,7-8,10-13,17,21-24,34-35H,5-6,9,14-16,29-30H2,1H3,(H,31,38)(H,32,37)(H,33,36)(H,39,40). The highest BCUT2D eigenvalue weighted by molar-refractivity contribution is 5.94. The third-order valence-electron chi connectivity index (χ3n) is 6.28. The average molecular weight is 558 g/mol. The van der Waals surface area contributed by atoms with Crippen molar-refractivity contribution in [3.05, 3.63) is 65.7 Å². The van der Waals surface area contributed by atoms with E-state index >= 15 is 0 Å². The number of carboxylic acids is 1. The molecule has 0 saturated heterocycles. The van der Waals surface area contributed by atoms with Gasteiger partial charge in [-0.3, -0.25) is 14.4 Å². The SMILES string of the molecule is CC(O)C(NC(=O)C(N)CCCCN)C(=O)NC(Cc1ccc(O)cc1)C(=O)NC(Cc1ccccc1)C(=O)O. The first kappa shape index (κ1) is 32.2. The molecule has 218 valence electrons. The van der Waals surface area contributed by atoms with Crippen molar-refractivity contribution in [2.24, 2.45) is 11.5 Å². The maximum atomic E-state index is 13.3. The summed E-state index contributed by atoms with van der Waals surface area (Å²) in [5, 5.41) is 37.0. The van der Waals surface area contributed by atoms with E-state index in [0.717, 1.165) is 0 Å². The topological polar surface area (TPSA) is 217 Å². The molecule has 0 bridgehead atoms. The van der Waals surface area contributed by atoms with E-state index in [1.807, 2.05) is 0 Å². The van der Waals surface area contributed by atoms with Crippen molar-refractivity contribution >= 4 is 23.7 Å². The van der Waals surface area contributed by atoms with Crippen molar-refractivity contribution in [3.63, 3.8) is 0 Å². The zero-order valence-corrected chi connectivity index (χ0v) is 22.5. The fraction of sp³-hybridized carbons (Fsp3) is 0.429. The van der Waals surface area contributed by atoms with Gasteiger partial charge in [0.25, 0.3) is 0 Å². The fourth-order valence-electron chi connectivity index (χ4n) is 3.97. The van der Waals surface area contributed by atoms with Crippen molar-refractivity contribution in [3.8, 4) is 5.75 Å². The minimum absolute atomic E-state index is 0.00210. The summed E-state index contributed by atoms with van der Waals surface area (Å²) < 4.78 is 0. The monoisotopic (exact) mass is 557 g/mol. The number of carbonyl (C=O) groups is 4. The summed E-state index contributed by atoms with van der Waals surface area (Å²) in [7, 11) is 0. The molecule has 0 radical (unpaired) electrons. The number of unbranched alkanes of at least 4 members (excludes halogenated alkanes) is 1. The molecule has 5 unspecified atom stereocenters. The van der Waals surface area contributed by atoms with E-state index in [1.54, 1.807) is 42.5 Å². The molecule has 2 aromatic rings. The van der Waals surface area contributed by atoms with Crippen LogP contribution in [-0.4, -0.2) is 75.8 Å². The van der Waals surface area contributed by atoms with Crippen molar-refractivity contribution in [2.75, 3.05) is 6.54 Å². The van der Waals surface area contributed by atoms with E-state index < -0.39 is 54.0 Å². The molecule has 0 fully saturated rings. The molecule has 3 amide bonds. The first-order valence-electron chi connectivity index (χ1n) is 13.1. The van der Waals surface area contributed by atoms with Gasteiger partial charge in [0.05, 0.1) is 12.1 Å². The number of aliphatic hydroxyl groups is 1. The molecule has 0 heterocycles. The smallest absolute Gasteiger partial charge is 0.326 e. The lowest BCUT2D eigenvalue weighted by atomic mass is 10.0. The number of carboxylic acid groups (broad SMARTS) is 1. The number of carbonyl (C=O) groups excluding carboxylic acids is 3. The van der Waals surface area contributed by atoms with Crippen LogP contribution in [-0.2, 0) is 32.0 Å². The van der Waals surface area contributed by atoms with E-state index in [1.165, 1.54) is 19.1 Å². The Morgan fingerprint density at radius 2 is 1.38 bits per heavy atom. The second-order valence-corrected chi connectivity index (χ2v) is 9.64. The van der Waals surface area contributed by atoms with Crippen molar-refractivity contribution < 1.29 is 34.5 Å². The number of benzene rings is 2. The quantitative estimate of drug-likeness (QED) is 0.125. The lowest BCUT2D eigenvalue weighted by Gasteiger charge is -2.26. The number of hydrogen-bond acceptors (Lipinski definition) is 8. The Labute approximate surface area is 233 Å². The van der Waals surface area contributed by atoms with Crippen LogP contribution in [0, 0.1) is 0 Å². The van der Waals surface area contributed by atoms with E-state index in [4.69, 9.17) is 11.5 Å². The zero-order chi connectivity index (χ0) is 29.7. The highest BCUT2D eigenvalue weighted by atomic mass is 16.4. The van der Waals surface area contributed by atoms with Crippen LogP contribution < -0.4 is 27.4 Å². The van der Waals surface area contributed by atoms with Gasteiger partial charge < -0.3 is 42.7 Å². The first-order valence-corrected chi connectivity index (χ1v) is 13.1. The molecule has 2 aromatic carbocycles. The van der Waals surface area contributed by atoms with Gasteiger partial charge in [0.1, 0.15) is 23.9 Å². The zero-order valence-electron chi connectivity index (χ0n) is 22.5. The van der Waals surface area contributed by atoms with Gasteiger partial charge in [0.2, 0.25) is 17.7 Å². The number of aliphatic carboxylic acids is 1. The number of hydrogen-bond donors (Lipinski definition) is 8. The van der Waals surface area contributed by atoms with E-state index in [2.05, 4.69) is 16.0 Å². The minimum atomic E-state index is -1.43. The second-order valence-electron chi connectivity index (χ2n) is 9.64. The summed E-state index contributed by atoms with van der Waals surface area (Å²) in [4.78, 5) is 51.0. The molecule has 12 nitrogen and oxygen atoms in total. The molecule has 10 N–H and O–H groups in total. The van der Waals surface area contributed by atoms with Crippen LogP contribution in [0.1, 0.15) is 37.3 Å². The Morgan fingerprint density at radius 3 is 1.95 bits per heavy atom. The molecule has 0 saturated carbocycles. The van der Waals surface area contributed by atoms with Crippen LogP contribution in [0.15, 0.2) is 54.6 Å². The molecule has 12 heteroatoms. The number of rotatable bonds is 16. The molecule has 5 atom stereocenters.